The van der Waals surface area contributed by atoms with Gasteiger partial charge in [-0.2, -0.15) is 8.78 Å². The van der Waals surface area contributed by atoms with Crippen molar-refractivity contribution in [2.24, 2.45) is 0 Å². The lowest BCUT2D eigenvalue weighted by Crippen LogP contribution is -2.14. The third-order valence-corrected chi connectivity index (χ3v) is 3.57. The molecule has 0 radical (unpaired) electrons. The van der Waals surface area contributed by atoms with E-state index in [1.165, 1.54) is 37.4 Å². The van der Waals surface area contributed by atoms with Crippen molar-refractivity contribution in [2.75, 3.05) is 19.0 Å². The van der Waals surface area contributed by atoms with Crippen molar-refractivity contribution in [2.45, 2.75) is 20.0 Å². The first-order valence-electron chi connectivity index (χ1n) is 7.81. The predicted octanol–water partition coefficient (Wildman–Crippen LogP) is 4.99. The number of benzene rings is 2. The molecule has 2 aromatic carbocycles. The molecule has 0 aromatic heterocycles. The fraction of sp³-hybridized carbons (Fsp3) is 0.278. The lowest BCUT2D eigenvalue weighted by molar-refractivity contribution is -0.0493. The van der Waals surface area contributed by atoms with Crippen molar-refractivity contribution in [3.63, 3.8) is 0 Å². The van der Waals surface area contributed by atoms with Gasteiger partial charge in [0.2, 0.25) is 0 Å². The summed E-state index contributed by atoms with van der Waals surface area (Å²) in [4.78, 5) is 12.5. The maximum atomic E-state index is 12.5. The van der Waals surface area contributed by atoms with Gasteiger partial charge in [0.25, 0.3) is 5.91 Å². The third kappa shape index (κ3) is 4.98. The van der Waals surface area contributed by atoms with Crippen molar-refractivity contribution < 1.29 is 27.8 Å². The minimum absolute atomic E-state index is 0.110. The number of methoxy groups -OCH3 is 1. The number of para-hydroxylation sites is 2. The number of carbonyl (C=O) groups excluding carboxylic acids is 1. The smallest absolute Gasteiger partial charge is 0.387 e. The summed E-state index contributed by atoms with van der Waals surface area (Å²) in [5.41, 5.74) is 0.293. The standard InChI is InChI=1S/C18H18ClF2NO4/c1-3-8-25-16-12(19)9-11(10-15(16)24-2)17(23)22-13-6-4-5-7-14(13)26-18(20)21/h4-7,9-10,18H,3,8H2,1-2H3,(H,22,23). The van der Waals surface area contributed by atoms with Crippen LogP contribution in [0.3, 0.4) is 0 Å². The lowest BCUT2D eigenvalue weighted by atomic mass is 10.1. The number of halogens is 3. The number of ether oxygens (including phenoxy) is 3. The Labute approximate surface area is 154 Å². The first kappa shape index (κ1) is 19.8. The Kier molecular flexibility index (Phi) is 7.03. The number of carbonyl (C=O) groups is 1. The summed E-state index contributed by atoms with van der Waals surface area (Å²) in [5.74, 6) is -0.0587. The highest BCUT2D eigenvalue weighted by Gasteiger charge is 2.18. The molecule has 0 saturated heterocycles. The molecule has 0 spiro atoms. The van der Waals surface area contributed by atoms with Crippen LogP contribution in [0.15, 0.2) is 36.4 Å². The molecule has 0 aliphatic heterocycles. The second kappa shape index (κ2) is 9.24. The molecule has 0 heterocycles. The average molecular weight is 386 g/mol. The summed E-state index contributed by atoms with van der Waals surface area (Å²) in [6.45, 7) is -0.612. The Morgan fingerprint density at radius 2 is 1.96 bits per heavy atom. The summed E-state index contributed by atoms with van der Waals surface area (Å²) < 4.78 is 40.1. The predicted molar refractivity (Wildman–Crippen MR) is 94.8 cm³/mol. The Morgan fingerprint density at radius 3 is 2.62 bits per heavy atom. The van der Waals surface area contributed by atoms with Crippen molar-refractivity contribution in [1.82, 2.24) is 0 Å². The van der Waals surface area contributed by atoms with Gasteiger partial charge in [-0.3, -0.25) is 4.79 Å². The Morgan fingerprint density at radius 1 is 1.23 bits per heavy atom. The van der Waals surface area contributed by atoms with Gasteiger partial charge >= 0.3 is 6.61 Å². The number of nitrogens with one attached hydrogen (secondary N) is 1. The zero-order valence-corrected chi connectivity index (χ0v) is 15.0. The fourth-order valence-electron chi connectivity index (χ4n) is 2.16. The van der Waals surface area contributed by atoms with E-state index >= 15 is 0 Å². The van der Waals surface area contributed by atoms with Crippen LogP contribution < -0.4 is 19.5 Å². The summed E-state index contributed by atoms with van der Waals surface area (Å²) in [7, 11) is 1.43. The monoisotopic (exact) mass is 385 g/mol. The molecule has 0 aliphatic rings. The maximum Gasteiger partial charge on any atom is 0.387 e. The van der Waals surface area contributed by atoms with E-state index in [2.05, 4.69) is 10.1 Å². The SMILES string of the molecule is CCCOc1c(Cl)cc(C(=O)Nc2ccccc2OC(F)F)cc1OC. The molecule has 5 nitrogen and oxygen atoms in total. The van der Waals surface area contributed by atoms with Gasteiger partial charge < -0.3 is 19.5 Å². The lowest BCUT2D eigenvalue weighted by Gasteiger charge is -2.15. The highest BCUT2D eigenvalue weighted by Crippen LogP contribution is 2.37. The van der Waals surface area contributed by atoms with E-state index < -0.39 is 12.5 Å². The van der Waals surface area contributed by atoms with Crippen LogP contribution in [-0.2, 0) is 0 Å². The zero-order valence-electron chi connectivity index (χ0n) is 14.2. The van der Waals surface area contributed by atoms with Crippen LogP contribution in [0.25, 0.3) is 0 Å². The number of anilines is 1. The number of alkyl halides is 2. The van der Waals surface area contributed by atoms with Crippen molar-refractivity contribution in [3.8, 4) is 17.2 Å². The zero-order chi connectivity index (χ0) is 19.1. The average Bonchev–Trinajstić information content (AvgIpc) is 2.61. The Bertz CT molecular complexity index is 771. The quantitative estimate of drug-likeness (QED) is 0.695. The third-order valence-electron chi connectivity index (χ3n) is 3.29. The van der Waals surface area contributed by atoms with Gasteiger partial charge in [0.1, 0.15) is 5.75 Å². The van der Waals surface area contributed by atoms with E-state index in [4.69, 9.17) is 21.1 Å². The molecular formula is C18H18ClF2NO4. The van der Waals surface area contributed by atoms with Crippen molar-refractivity contribution in [1.29, 1.82) is 0 Å². The molecule has 0 atom stereocenters. The number of amides is 1. The minimum Gasteiger partial charge on any atom is -0.493 e. The fourth-order valence-corrected chi connectivity index (χ4v) is 2.42. The first-order chi connectivity index (χ1) is 12.5. The maximum absolute atomic E-state index is 12.5. The summed E-state index contributed by atoms with van der Waals surface area (Å²) in [5, 5.41) is 2.73. The van der Waals surface area contributed by atoms with Crippen LogP contribution >= 0.6 is 11.6 Å². The molecule has 1 N–H and O–H groups in total. The molecule has 0 saturated carbocycles. The van der Waals surface area contributed by atoms with Crippen molar-refractivity contribution in [3.05, 3.63) is 47.0 Å². The molecular weight excluding hydrogens is 368 g/mol. The number of hydrogen-bond donors (Lipinski definition) is 1. The van der Waals surface area contributed by atoms with E-state index in [1.807, 2.05) is 6.92 Å². The van der Waals surface area contributed by atoms with Gasteiger partial charge in [-0.25, -0.2) is 0 Å². The van der Waals surface area contributed by atoms with Gasteiger partial charge in [-0.05, 0) is 30.7 Å². The first-order valence-corrected chi connectivity index (χ1v) is 8.19. The molecule has 26 heavy (non-hydrogen) atoms. The summed E-state index contributed by atoms with van der Waals surface area (Å²) in [6, 6.07) is 8.77. The van der Waals surface area contributed by atoms with Crippen LogP contribution in [0.5, 0.6) is 17.2 Å². The normalized spacial score (nSPS) is 10.5. The topological polar surface area (TPSA) is 56.8 Å². The summed E-state index contributed by atoms with van der Waals surface area (Å²) >= 11 is 6.19. The van der Waals surface area contributed by atoms with Gasteiger partial charge in [-0.1, -0.05) is 30.7 Å². The molecule has 140 valence electrons. The highest BCUT2D eigenvalue weighted by atomic mass is 35.5. The van der Waals surface area contributed by atoms with E-state index in [-0.39, 0.29) is 22.0 Å². The number of rotatable bonds is 8. The van der Waals surface area contributed by atoms with E-state index in [9.17, 15) is 13.6 Å². The second-order valence-electron chi connectivity index (χ2n) is 5.17. The Hall–Kier alpha value is -2.54. The second-order valence-corrected chi connectivity index (χ2v) is 5.57. The highest BCUT2D eigenvalue weighted by molar-refractivity contribution is 6.32. The molecule has 0 fully saturated rings. The molecule has 2 rings (SSSR count). The van der Waals surface area contributed by atoms with Gasteiger partial charge in [0.15, 0.2) is 11.5 Å². The molecule has 2 aromatic rings. The molecule has 0 unspecified atom stereocenters. The number of hydrogen-bond acceptors (Lipinski definition) is 4. The van der Waals surface area contributed by atoms with Gasteiger partial charge in [-0.15, -0.1) is 0 Å². The Balaban J connectivity index is 2.26. The van der Waals surface area contributed by atoms with Crippen LogP contribution in [0.2, 0.25) is 5.02 Å². The molecule has 8 heteroatoms. The molecule has 0 aliphatic carbocycles. The minimum atomic E-state index is -3.00. The van der Waals surface area contributed by atoms with Crippen LogP contribution in [0, 0.1) is 0 Å². The van der Waals surface area contributed by atoms with Gasteiger partial charge in [0.05, 0.1) is 24.4 Å². The van der Waals surface area contributed by atoms with Gasteiger partial charge in [0, 0.05) is 5.56 Å². The summed E-state index contributed by atoms with van der Waals surface area (Å²) in [6.07, 6.45) is 0.780. The van der Waals surface area contributed by atoms with Crippen LogP contribution in [0.1, 0.15) is 23.7 Å². The largest absolute Gasteiger partial charge is 0.493 e. The van der Waals surface area contributed by atoms with Crippen LogP contribution in [0.4, 0.5) is 14.5 Å². The van der Waals surface area contributed by atoms with E-state index in [0.29, 0.717) is 18.1 Å². The van der Waals surface area contributed by atoms with E-state index in [1.54, 1.807) is 6.07 Å². The molecule has 1 amide bonds. The van der Waals surface area contributed by atoms with E-state index in [0.717, 1.165) is 6.42 Å². The van der Waals surface area contributed by atoms with Crippen molar-refractivity contribution >= 4 is 23.2 Å². The van der Waals surface area contributed by atoms with Crippen LogP contribution in [-0.4, -0.2) is 26.2 Å². The molecule has 0 bridgehead atoms.